The van der Waals surface area contributed by atoms with Gasteiger partial charge >= 0.3 is 6.03 Å². The summed E-state index contributed by atoms with van der Waals surface area (Å²) >= 11 is 1.64. The monoisotopic (exact) mass is 471 g/mol. The van der Waals surface area contributed by atoms with Crippen LogP contribution in [0.4, 0.5) is 4.79 Å². The number of aromatic nitrogens is 2. The molecule has 2 fully saturated rings. The average molecular weight is 472 g/mol. The molecule has 4 heterocycles. The fourth-order valence-corrected chi connectivity index (χ4v) is 5.95. The van der Waals surface area contributed by atoms with Gasteiger partial charge in [-0.2, -0.15) is 5.10 Å². The number of likely N-dealkylation sites (tertiary alicyclic amines) is 1. The van der Waals surface area contributed by atoms with Gasteiger partial charge in [-0.25, -0.2) is 4.79 Å². The zero-order chi connectivity index (χ0) is 23.6. The maximum atomic E-state index is 13.5. The van der Waals surface area contributed by atoms with E-state index in [1.54, 1.807) is 16.0 Å². The van der Waals surface area contributed by atoms with E-state index in [1.807, 2.05) is 49.3 Å². The van der Waals surface area contributed by atoms with Gasteiger partial charge in [-0.1, -0.05) is 19.4 Å². The quantitative estimate of drug-likeness (QED) is 0.599. The van der Waals surface area contributed by atoms with Crippen LogP contribution < -0.4 is 5.32 Å². The van der Waals surface area contributed by atoms with Crippen molar-refractivity contribution in [1.82, 2.24) is 24.9 Å². The standard InChI is InChI=1S/C24H33N5O3S/c1-4-10-24(22(31)28(23(32)25-24)13-9-20-6-5-14-33-20)19-7-11-27(12-8-19)21(30)16-29-18(3)15-17(2)26-29/h5-6,14-15,19H,4,7-13,16H2,1-3H3,(H,25,32)/t24-/m1/s1. The molecule has 2 aliphatic heterocycles. The molecule has 2 aromatic rings. The van der Waals surface area contributed by atoms with Gasteiger partial charge in [-0.15, -0.1) is 11.3 Å². The van der Waals surface area contributed by atoms with E-state index >= 15 is 0 Å². The maximum Gasteiger partial charge on any atom is 0.325 e. The maximum absolute atomic E-state index is 13.5. The van der Waals surface area contributed by atoms with E-state index in [2.05, 4.69) is 10.4 Å². The lowest BCUT2D eigenvalue weighted by Gasteiger charge is -2.41. The molecule has 1 N–H and O–H groups in total. The van der Waals surface area contributed by atoms with Crippen molar-refractivity contribution in [2.45, 2.75) is 65.0 Å². The number of thiophene rings is 1. The first-order valence-electron chi connectivity index (χ1n) is 11.8. The molecule has 0 bridgehead atoms. The SMILES string of the molecule is CCC[C@]1(C2CCN(C(=O)Cn3nc(C)cc3C)CC2)NC(=O)N(CCc2cccs2)C1=O. The molecule has 1 atom stereocenters. The van der Waals surface area contributed by atoms with E-state index in [9.17, 15) is 14.4 Å². The Balaban J connectivity index is 1.40. The topological polar surface area (TPSA) is 87.5 Å². The Morgan fingerprint density at radius 3 is 2.64 bits per heavy atom. The molecule has 0 saturated carbocycles. The van der Waals surface area contributed by atoms with Crippen molar-refractivity contribution in [3.8, 4) is 0 Å². The van der Waals surface area contributed by atoms with Crippen LogP contribution in [0.5, 0.6) is 0 Å². The molecule has 33 heavy (non-hydrogen) atoms. The number of carbonyl (C=O) groups is 3. The molecule has 4 rings (SSSR count). The van der Waals surface area contributed by atoms with Gasteiger partial charge in [0.15, 0.2) is 0 Å². The van der Waals surface area contributed by atoms with E-state index < -0.39 is 5.54 Å². The van der Waals surface area contributed by atoms with Crippen LogP contribution >= 0.6 is 11.3 Å². The Morgan fingerprint density at radius 1 is 1.27 bits per heavy atom. The molecule has 2 aromatic heterocycles. The van der Waals surface area contributed by atoms with Crippen molar-refractivity contribution in [3.05, 3.63) is 39.8 Å². The average Bonchev–Trinajstić information content (AvgIpc) is 3.47. The minimum Gasteiger partial charge on any atom is -0.341 e. The molecule has 8 nitrogen and oxygen atoms in total. The molecule has 0 spiro atoms. The number of nitrogens with one attached hydrogen (secondary N) is 1. The predicted molar refractivity (Wildman–Crippen MR) is 127 cm³/mol. The lowest BCUT2D eigenvalue weighted by molar-refractivity contribution is -0.136. The fourth-order valence-electron chi connectivity index (χ4n) is 5.25. The third kappa shape index (κ3) is 4.69. The molecule has 0 radical (unpaired) electrons. The number of hydrogen-bond donors (Lipinski definition) is 1. The molecule has 0 unspecified atom stereocenters. The molecule has 178 valence electrons. The van der Waals surface area contributed by atoms with Crippen LogP contribution in [0.3, 0.4) is 0 Å². The van der Waals surface area contributed by atoms with Gasteiger partial charge in [0.25, 0.3) is 5.91 Å². The van der Waals surface area contributed by atoms with Gasteiger partial charge < -0.3 is 10.2 Å². The number of hydrogen-bond acceptors (Lipinski definition) is 5. The smallest absolute Gasteiger partial charge is 0.325 e. The second kappa shape index (κ2) is 9.67. The van der Waals surface area contributed by atoms with Crippen LogP contribution in [0, 0.1) is 19.8 Å². The molecular formula is C24H33N5O3S. The van der Waals surface area contributed by atoms with Crippen LogP contribution in [-0.2, 0) is 22.6 Å². The summed E-state index contributed by atoms with van der Waals surface area (Å²) in [7, 11) is 0. The van der Waals surface area contributed by atoms with E-state index in [0.29, 0.717) is 45.3 Å². The summed E-state index contributed by atoms with van der Waals surface area (Å²) < 4.78 is 1.74. The number of nitrogens with zero attached hydrogens (tertiary/aromatic N) is 4. The summed E-state index contributed by atoms with van der Waals surface area (Å²) in [4.78, 5) is 43.6. The highest BCUT2D eigenvalue weighted by Gasteiger charge is 2.55. The number of piperidine rings is 1. The normalized spacial score (nSPS) is 21.7. The molecule has 9 heteroatoms. The molecule has 4 amide bonds. The number of carbonyl (C=O) groups excluding carboxylic acids is 3. The summed E-state index contributed by atoms with van der Waals surface area (Å²) in [6.07, 6.45) is 3.51. The van der Waals surface area contributed by atoms with Crippen LogP contribution in [-0.4, -0.2) is 62.6 Å². The first kappa shape index (κ1) is 23.5. The zero-order valence-corrected chi connectivity index (χ0v) is 20.5. The second-order valence-corrected chi connectivity index (χ2v) is 10.2. The van der Waals surface area contributed by atoms with Crippen LogP contribution in [0.2, 0.25) is 0 Å². The summed E-state index contributed by atoms with van der Waals surface area (Å²) in [5.74, 6) is -0.0276. The van der Waals surface area contributed by atoms with Crippen LogP contribution in [0.1, 0.15) is 48.9 Å². The Bertz CT molecular complexity index is 1010. The third-order valence-corrected chi connectivity index (χ3v) is 7.88. The van der Waals surface area contributed by atoms with Crippen molar-refractivity contribution in [2.75, 3.05) is 19.6 Å². The number of imide groups is 1. The van der Waals surface area contributed by atoms with Crippen molar-refractivity contribution < 1.29 is 14.4 Å². The summed E-state index contributed by atoms with van der Waals surface area (Å²) in [6.45, 7) is 7.73. The van der Waals surface area contributed by atoms with E-state index in [1.165, 1.54) is 4.90 Å². The van der Waals surface area contributed by atoms with Gasteiger partial charge in [0.1, 0.15) is 12.1 Å². The van der Waals surface area contributed by atoms with Crippen LogP contribution in [0.15, 0.2) is 23.6 Å². The number of urea groups is 1. The van der Waals surface area contributed by atoms with E-state index in [4.69, 9.17) is 0 Å². The number of aryl methyl sites for hydroxylation is 2. The predicted octanol–water partition coefficient (Wildman–Crippen LogP) is 3.13. The van der Waals surface area contributed by atoms with Gasteiger partial charge in [0.2, 0.25) is 5.91 Å². The van der Waals surface area contributed by atoms with Gasteiger partial charge in [0, 0.05) is 30.2 Å². The van der Waals surface area contributed by atoms with Gasteiger partial charge in [0.05, 0.1) is 5.69 Å². The van der Waals surface area contributed by atoms with Crippen molar-refractivity contribution in [1.29, 1.82) is 0 Å². The number of rotatable bonds is 8. The highest BCUT2D eigenvalue weighted by molar-refractivity contribution is 7.09. The minimum atomic E-state index is -0.855. The van der Waals surface area contributed by atoms with Crippen molar-refractivity contribution in [2.24, 2.45) is 5.92 Å². The first-order valence-corrected chi connectivity index (χ1v) is 12.7. The molecule has 0 aromatic carbocycles. The molecule has 2 saturated heterocycles. The molecule has 2 aliphatic rings. The first-order chi connectivity index (χ1) is 15.8. The fraction of sp³-hybridized carbons (Fsp3) is 0.583. The Hall–Kier alpha value is -2.68. The van der Waals surface area contributed by atoms with Crippen LogP contribution in [0.25, 0.3) is 0 Å². The third-order valence-electron chi connectivity index (χ3n) is 6.94. The van der Waals surface area contributed by atoms with Gasteiger partial charge in [-0.3, -0.25) is 19.2 Å². The largest absolute Gasteiger partial charge is 0.341 e. The Morgan fingerprint density at radius 2 is 2.03 bits per heavy atom. The zero-order valence-electron chi connectivity index (χ0n) is 19.7. The Kier molecular flexibility index (Phi) is 6.88. The van der Waals surface area contributed by atoms with Crippen molar-refractivity contribution >= 4 is 29.2 Å². The Labute approximate surface area is 198 Å². The number of amides is 4. The van der Waals surface area contributed by atoms with E-state index in [0.717, 1.165) is 22.7 Å². The minimum absolute atomic E-state index is 0.0263. The van der Waals surface area contributed by atoms with E-state index in [-0.39, 0.29) is 30.3 Å². The lowest BCUT2D eigenvalue weighted by atomic mass is 9.74. The highest BCUT2D eigenvalue weighted by Crippen LogP contribution is 2.37. The summed E-state index contributed by atoms with van der Waals surface area (Å²) in [6, 6.07) is 5.69. The molecule has 0 aliphatic carbocycles. The highest BCUT2D eigenvalue weighted by atomic mass is 32.1. The van der Waals surface area contributed by atoms with Crippen molar-refractivity contribution in [3.63, 3.8) is 0 Å². The lowest BCUT2D eigenvalue weighted by Crippen LogP contribution is -2.56. The summed E-state index contributed by atoms with van der Waals surface area (Å²) in [5.41, 5.74) is 1.02. The summed E-state index contributed by atoms with van der Waals surface area (Å²) in [5, 5.41) is 9.48. The second-order valence-electron chi connectivity index (χ2n) is 9.18. The molecular weight excluding hydrogens is 438 g/mol. The van der Waals surface area contributed by atoms with Gasteiger partial charge in [-0.05, 0) is 63.0 Å².